The van der Waals surface area contributed by atoms with Crippen molar-refractivity contribution in [3.05, 3.63) is 59.9 Å². The van der Waals surface area contributed by atoms with Gasteiger partial charge in [-0.05, 0) is 24.3 Å². The molecule has 3 rings (SSSR count). The highest BCUT2D eigenvalue weighted by Crippen LogP contribution is 2.26. The summed E-state index contributed by atoms with van der Waals surface area (Å²) in [5, 5.41) is 5.33. The number of nitrogens with one attached hydrogen (secondary N) is 1. The van der Waals surface area contributed by atoms with E-state index in [-0.39, 0.29) is 5.91 Å². The monoisotopic (exact) mass is 311 g/mol. The lowest BCUT2D eigenvalue weighted by molar-refractivity contribution is 0.102. The first-order valence-electron chi connectivity index (χ1n) is 6.58. The Labute approximate surface area is 131 Å². The van der Waals surface area contributed by atoms with Crippen LogP contribution in [0.2, 0.25) is 0 Å². The molecular formula is C16H13N3O2S. The first-order chi connectivity index (χ1) is 10.8. The Bertz CT molecular complexity index is 787. The summed E-state index contributed by atoms with van der Waals surface area (Å²) in [6.07, 6.45) is 3.40. The SMILES string of the molecule is COc1ccccc1NC(=O)c1csc(-c2ccncc2)n1. The zero-order chi connectivity index (χ0) is 15.4. The van der Waals surface area contributed by atoms with Gasteiger partial charge in [-0.2, -0.15) is 0 Å². The third-order valence-corrected chi connectivity index (χ3v) is 3.91. The average Bonchev–Trinajstić information content (AvgIpc) is 3.06. The maximum absolute atomic E-state index is 12.3. The van der Waals surface area contributed by atoms with Crippen molar-refractivity contribution >= 4 is 22.9 Å². The molecule has 5 nitrogen and oxygen atoms in total. The number of ether oxygens (including phenoxy) is 1. The van der Waals surface area contributed by atoms with E-state index < -0.39 is 0 Å². The Hall–Kier alpha value is -2.73. The molecular weight excluding hydrogens is 298 g/mol. The molecule has 0 atom stereocenters. The Balaban J connectivity index is 1.80. The van der Waals surface area contributed by atoms with Crippen molar-refractivity contribution in [3.63, 3.8) is 0 Å². The number of rotatable bonds is 4. The molecule has 1 amide bonds. The number of benzene rings is 1. The van der Waals surface area contributed by atoms with Crippen molar-refractivity contribution in [2.24, 2.45) is 0 Å². The molecule has 0 spiro atoms. The second-order valence-corrected chi connectivity index (χ2v) is 5.29. The third-order valence-electron chi connectivity index (χ3n) is 3.02. The lowest BCUT2D eigenvalue weighted by atomic mass is 10.3. The number of thiazole rings is 1. The molecule has 2 heterocycles. The molecule has 0 aliphatic heterocycles. The molecule has 0 radical (unpaired) electrons. The number of amides is 1. The number of hydrogen-bond donors (Lipinski definition) is 1. The van der Waals surface area contributed by atoms with E-state index in [0.717, 1.165) is 10.6 Å². The molecule has 0 bridgehead atoms. The van der Waals surface area contributed by atoms with Crippen LogP contribution in [0.5, 0.6) is 5.75 Å². The van der Waals surface area contributed by atoms with Crippen molar-refractivity contribution in [2.45, 2.75) is 0 Å². The van der Waals surface area contributed by atoms with Crippen LogP contribution in [0, 0.1) is 0 Å². The minimum Gasteiger partial charge on any atom is -0.495 e. The number of carbonyl (C=O) groups excluding carboxylic acids is 1. The largest absolute Gasteiger partial charge is 0.495 e. The molecule has 0 saturated heterocycles. The Kier molecular flexibility index (Phi) is 4.11. The summed E-state index contributed by atoms with van der Waals surface area (Å²) in [6, 6.07) is 11.0. The van der Waals surface area contributed by atoms with Crippen LogP contribution in [-0.2, 0) is 0 Å². The van der Waals surface area contributed by atoms with Gasteiger partial charge in [-0.1, -0.05) is 12.1 Å². The van der Waals surface area contributed by atoms with Gasteiger partial charge in [0.15, 0.2) is 0 Å². The van der Waals surface area contributed by atoms with Gasteiger partial charge < -0.3 is 10.1 Å². The van der Waals surface area contributed by atoms with Gasteiger partial charge in [0.05, 0.1) is 12.8 Å². The summed E-state index contributed by atoms with van der Waals surface area (Å²) in [5.74, 6) is 0.349. The molecule has 110 valence electrons. The van der Waals surface area contributed by atoms with Gasteiger partial charge in [0.25, 0.3) is 5.91 Å². The summed E-state index contributed by atoms with van der Waals surface area (Å²) in [6.45, 7) is 0. The minimum absolute atomic E-state index is 0.263. The minimum atomic E-state index is -0.263. The smallest absolute Gasteiger partial charge is 0.275 e. The quantitative estimate of drug-likeness (QED) is 0.801. The standard InChI is InChI=1S/C16H13N3O2S/c1-21-14-5-3-2-4-12(14)18-15(20)13-10-22-16(19-13)11-6-8-17-9-7-11/h2-10H,1H3,(H,18,20). The van der Waals surface area contributed by atoms with Crippen molar-refractivity contribution in [1.29, 1.82) is 0 Å². The fourth-order valence-corrected chi connectivity index (χ4v) is 2.75. The van der Waals surface area contributed by atoms with E-state index in [1.54, 1.807) is 37.0 Å². The number of nitrogens with zero attached hydrogens (tertiary/aromatic N) is 2. The Morgan fingerprint density at radius 1 is 1.18 bits per heavy atom. The van der Waals surface area contributed by atoms with Crippen molar-refractivity contribution in [1.82, 2.24) is 9.97 Å². The van der Waals surface area contributed by atoms with Crippen LogP contribution in [0.25, 0.3) is 10.6 Å². The highest BCUT2D eigenvalue weighted by molar-refractivity contribution is 7.13. The molecule has 0 unspecified atom stereocenters. The van der Waals surface area contributed by atoms with Crippen LogP contribution in [0.1, 0.15) is 10.5 Å². The average molecular weight is 311 g/mol. The number of para-hydroxylation sites is 2. The molecule has 6 heteroatoms. The predicted octanol–water partition coefficient (Wildman–Crippen LogP) is 3.47. The fourth-order valence-electron chi connectivity index (χ4n) is 1.94. The van der Waals surface area contributed by atoms with E-state index in [2.05, 4.69) is 15.3 Å². The van der Waals surface area contributed by atoms with Crippen LogP contribution >= 0.6 is 11.3 Å². The van der Waals surface area contributed by atoms with Crippen molar-refractivity contribution < 1.29 is 9.53 Å². The summed E-state index contributed by atoms with van der Waals surface area (Å²) in [4.78, 5) is 20.6. The van der Waals surface area contributed by atoms with E-state index >= 15 is 0 Å². The zero-order valence-electron chi connectivity index (χ0n) is 11.8. The first-order valence-corrected chi connectivity index (χ1v) is 7.46. The Morgan fingerprint density at radius 3 is 2.73 bits per heavy atom. The van der Waals surface area contributed by atoms with E-state index in [4.69, 9.17) is 4.74 Å². The zero-order valence-corrected chi connectivity index (χ0v) is 12.6. The van der Waals surface area contributed by atoms with Crippen molar-refractivity contribution in [2.75, 3.05) is 12.4 Å². The highest BCUT2D eigenvalue weighted by Gasteiger charge is 2.13. The lowest BCUT2D eigenvalue weighted by Crippen LogP contribution is -2.13. The Morgan fingerprint density at radius 2 is 1.95 bits per heavy atom. The van der Waals surface area contributed by atoms with E-state index in [1.807, 2.05) is 24.3 Å². The van der Waals surface area contributed by atoms with Gasteiger partial charge in [0.2, 0.25) is 0 Å². The van der Waals surface area contributed by atoms with Crippen LogP contribution in [0.3, 0.4) is 0 Å². The van der Waals surface area contributed by atoms with E-state index in [9.17, 15) is 4.79 Å². The summed E-state index contributed by atoms with van der Waals surface area (Å²) >= 11 is 1.42. The topological polar surface area (TPSA) is 64.1 Å². The number of anilines is 1. The maximum Gasteiger partial charge on any atom is 0.275 e. The summed E-state index contributed by atoms with van der Waals surface area (Å²) in [5.41, 5.74) is 1.94. The normalized spacial score (nSPS) is 10.2. The molecule has 3 aromatic rings. The second kappa shape index (κ2) is 6.36. The molecule has 0 aliphatic carbocycles. The number of aromatic nitrogens is 2. The summed E-state index contributed by atoms with van der Waals surface area (Å²) in [7, 11) is 1.56. The molecule has 2 aromatic heterocycles. The van der Waals surface area contributed by atoms with Crippen LogP contribution in [-0.4, -0.2) is 23.0 Å². The maximum atomic E-state index is 12.3. The summed E-state index contributed by atoms with van der Waals surface area (Å²) < 4.78 is 5.22. The first kappa shape index (κ1) is 14.2. The van der Waals surface area contributed by atoms with E-state index in [1.165, 1.54) is 11.3 Å². The van der Waals surface area contributed by atoms with Gasteiger partial charge in [0.1, 0.15) is 16.5 Å². The van der Waals surface area contributed by atoms with E-state index in [0.29, 0.717) is 17.1 Å². The number of pyridine rings is 1. The molecule has 0 fully saturated rings. The van der Waals surface area contributed by atoms with Crippen molar-refractivity contribution in [3.8, 4) is 16.3 Å². The van der Waals surface area contributed by atoms with Gasteiger partial charge in [-0.3, -0.25) is 9.78 Å². The second-order valence-electron chi connectivity index (χ2n) is 4.43. The third kappa shape index (κ3) is 2.96. The van der Waals surface area contributed by atoms with Gasteiger partial charge in [-0.15, -0.1) is 11.3 Å². The van der Waals surface area contributed by atoms with Gasteiger partial charge >= 0.3 is 0 Å². The molecule has 0 aliphatic rings. The molecule has 1 aromatic carbocycles. The van der Waals surface area contributed by atoms with Crippen LogP contribution in [0.4, 0.5) is 5.69 Å². The van der Waals surface area contributed by atoms with Crippen LogP contribution < -0.4 is 10.1 Å². The lowest BCUT2D eigenvalue weighted by Gasteiger charge is -2.08. The predicted molar refractivity (Wildman–Crippen MR) is 86.3 cm³/mol. The number of methoxy groups -OCH3 is 1. The van der Waals surface area contributed by atoms with Gasteiger partial charge in [0, 0.05) is 23.3 Å². The molecule has 1 N–H and O–H groups in total. The fraction of sp³-hybridized carbons (Fsp3) is 0.0625. The molecule has 22 heavy (non-hydrogen) atoms. The van der Waals surface area contributed by atoms with Gasteiger partial charge in [-0.25, -0.2) is 4.98 Å². The number of hydrogen-bond acceptors (Lipinski definition) is 5. The highest BCUT2D eigenvalue weighted by atomic mass is 32.1. The molecule has 0 saturated carbocycles. The number of carbonyl (C=O) groups is 1. The van der Waals surface area contributed by atoms with Crippen LogP contribution in [0.15, 0.2) is 54.2 Å².